The first-order valence-corrected chi connectivity index (χ1v) is 24.4. The van der Waals surface area contributed by atoms with Crippen LogP contribution in [0.1, 0.15) is 73.8 Å². The second kappa shape index (κ2) is 17.0. The highest BCUT2D eigenvalue weighted by atomic mass is 35.5. The van der Waals surface area contributed by atoms with E-state index in [-0.39, 0.29) is 41.9 Å². The summed E-state index contributed by atoms with van der Waals surface area (Å²) in [5.74, 6) is 0.353. The van der Waals surface area contributed by atoms with E-state index in [2.05, 4.69) is 48.5 Å². The lowest BCUT2D eigenvalue weighted by Gasteiger charge is -2.37. The number of aliphatic hydroxyl groups excluding tert-OH is 1. The van der Waals surface area contributed by atoms with Gasteiger partial charge in [0, 0.05) is 47.9 Å². The SMILES string of the molecule is COc1ccc([Si](C)(C)[C@@H]2[C@@H](CCn3cc(C(CO)c4ccccc4)nn3)O[C@]3(C(=O)N(Cc4cccc(N5CCCCCCC5=O)c4)c4ccc(Cl)cc43)[C@H]2C)cc1. The number of methoxy groups -OCH3 is 1. The van der Waals surface area contributed by atoms with Crippen LogP contribution >= 0.6 is 11.6 Å². The Labute approximate surface area is 353 Å². The van der Waals surface area contributed by atoms with Gasteiger partial charge in [-0.2, -0.15) is 0 Å². The Hall–Kier alpha value is -4.81. The summed E-state index contributed by atoms with van der Waals surface area (Å²) in [5, 5.41) is 21.1. The van der Waals surface area contributed by atoms with E-state index in [9.17, 15) is 9.90 Å². The first kappa shape index (κ1) is 40.9. The predicted molar refractivity (Wildman–Crippen MR) is 234 cm³/mol. The molecule has 0 radical (unpaired) electrons. The fourth-order valence-electron chi connectivity index (χ4n) is 10.0. The Kier molecular flexibility index (Phi) is 11.8. The summed E-state index contributed by atoms with van der Waals surface area (Å²) >= 11 is 6.78. The van der Waals surface area contributed by atoms with Gasteiger partial charge in [-0.1, -0.05) is 109 Å². The molecule has 0 bridgehead atoms. The van der Waals surface area contributed by atoms with E-state index < -0.39 is 13.7 Å². The van der Waals surface area contributed by atoms with Gasteiger partial charge >= 0.3 is 0 Å². The van der Waals surface area contributed by atoms with Crippen molar-refractivity contribution in [3.63, 3.8) is 0 Å². The molecule has 0 saturated carbocycles. The first-order valence-electron chi connectivity index (χ1n) is 20.9. The largest absolute Gasteiger partial charge is 0.497 e. The number of aryl methyl sites for hydroxylation is 1. The molecule has 12 heteroatoms. The summed E-state index contributed by atoms with van der Waals surface area (Å²) < 4.78 is 14.7. The van der Waals surface area contributed by atoms with Crippen LogP contribution in [0.4, 0.5) is 11.4 Å². The van der Waals surface area contributed by atoms with Gasteiger partial charge in [0.05, 0.1) is 51.7 Å². The molecule has 4 aromatic carbocycles. The van der Waals surface area contributed by atoms with Crippen molar-refractivity contribution in [1.82, 2.24) is 15.0 Å². The minimum Gasteiger partial charge on any atom is -0.497 e. The van der Waals surface area contributed by atoms with E-state index in [1.165, 1.54) is 5.19 Å². The van der Waals surface area contributed by atoms with Crippen molar-refractivity contribution in [3.8, 4) is 5.75 Å². The van der Waals surface area contributed by atoms with Gasteiger partial charge in [-0.25, -0.2) is 0 Å². The number of aromatic nitrogens is 3. The number of rotatable bonds is 12. The van der Waals surface area contributed by atoms with Crippen LogP contribution in [0.3, 0.4) is 0 Å². The molecule has 2 amide bonds. The highest BCUT2D eigenvalue weighted by Gasteiger charge is 2.66. The van der Waals surface area contributed by atoms with Crippen LogP contribution in [0.15, 0.2) is 103 Å². The number of anilines is 2. The van der Waals surface area contributed by atoms with Crippen LogP contribution in [0, 0.1) is 5.92 Å². The number of carbonyl (C=O) groups excluding carboxylic acids is 2. The topological polar surface area (TPSA) is 110 Å². The van der Waals surface area contributed by atoms with E-state index in [1.807, 2.05) is 99.5 Å². The van der Waals surface area contributed by atoms with Crippen molar-refractivity contribution in [2.24, 2.45) is 5.92 Å². The number of benzene rings is 4. The molecule has 1 aromatic heterocycles. The lowest BCUT2D eigenvalue weighted by molar-refractivity contribution is -0.146. The number of amides is 2. The maximum atomic E-state index is 15.4. The highest BCUT2D eigenvalue weighted by molar-refractivity contribution is 6.91. The molecule has 8 rings (SSSR count). The second-order valence-corrected chi connectivity index (χ2v) is 22.1. The molecule has 1 N–H and O–H groups in total. The van der Waals surface area contributed by atoms with Gasteiger partial charge in [-0.05, 0) is 78.4 Å². The molecule has 2 fully saturated rings. The Balaban J connectivity index is 1.13. The maximum Gasteiger partial charge on any atom is 0.264 e. The zero-order chi connectivity index (χ0) is 41.3. The standard InChI is InChI=1S/C47H54ClN5O5Si/c1-32-45(59(3,4)38-21-19-37(57-2)20-22-38)43(24-26-51-30-41(49-50-51)39(31-54)34-14-8-7-9-15-34)58-47(32)40-28-35(48)18-23-42(40)53(46(47)56)29-33-13-12-16-36(27-33)52-25-11-6-5-10-17-44(52)55/h7-9,12-16,18-23,27-28,30,32,39,43,45,54H,5-6,10-11,17,24-26,29,31H2,1-4H3/t32-,39?,43+,45-,47+/m0/s1. The fraction of sp³-hybridized carbons (Fsp3) is 0.404. The van der Waals surface area contributed by atoms with E-state index in [1.54, 1.807) is 7.11 Å². The average molecular weight is 833 g/mol. The normalized spacial score (nSPS) is 22.7. The number of aliphatic hydroxyl groups is 1. The summed E-state index contributed by atoms with van der Waals surface area (Å²) in [6.07, 6.45) is 6.84. The molecule has 5 aromatic rings. The molecular formula is C47H54ClN5O5Si. The average Bonchev–Trinajstić information content (AvgIpc) is 3.89. The minimum absolute atomic E-state index is 0.0191. The summed E-state index contributed by atoms with van der Waals surface area (Å²) in [6.45, 7) is 8.38. The summed E-state index contributed by atoms with van der Waals surface area (Å²) in [7, 11) is -0.729. The van der Waals surface area contributed by atoms with Crippen molar-refractivity contribution >= 4 is 48.1 Å². The van der Waals surface area contributed by atoms with Gasteiger partial charge in [0.2, 0.25) is 5.91 Å². The molecule has 3 aliphatic rings. The molecule has 308 valence electrons. The molecular weight excluding hydrogens is 778 g/mol. The van der Waals surface area contributed by atoms with Crippen LogP contribution < -0.4 is 19.7 Å². The Morgan fingerprint density at radius 3 is 2.51 bits per heavy atom. The molecule has 1 spiro atoms. The van der Waals surface area contributed by atoms with Crippen LogP contribution in [0.5, 0.6) is 5.75 Å². The van der Waals surface area contributed by atoms with Gasteiger partial charge in [-0.15, -0.1) is 5.10 Å². The van der Waals surface area contributed by atoms with Crippen LogP contribution in [0.2, 0.25) is 23.7 Å². The number of carbonyl (C=O) groups is 2. The summed E-state index contributed by atoms with van der Waals surface area (Å²) in [4.78, 5) is 32.4. The number of fused-ring (bicyclic) bond motifs is 2. The Bertz CT molecular complexity index is 2290. The van der Waals surface area contributed by atoms with Gasteiger partial charge in [-0.3, -0.25) is 14.3 Å². The van der Waals surface area contributed by atoms with Crippen molar-refractivity contribution in [1.29, 1.82) is 0 Å². The minimum atomic E-state index is -2.40. The lowest BCUT2D eigenvalue weighted by Crippen LogP contribution is -2.51. The Morgan fingerprint density at radius 1 is 0.966 bits per heavy atom. The number of halogens is 1. The summed E-state index contributed by atoms with van der Waals surface area (Å²) in [6, 6.07) is 32.0. The van der Waals surface area contributed by atoms with Crippen molar-refractivity contribution in [3.05, 3.63) is 131 Å². The van der Waals surface area contributed by atoms with Crippen molar-refractivity contribution < 1.29 is 24.2 Å². The molecule has 3 aliphatic heterocycles. The molecule has 10 nitrogen and oxygen atoms in total. The zero-order valence-corrected chi connectivity index (χ0v) is 36.1. The third-order valence-corrected chi connectivity index (χ3v) is 17.7. The van der Waals surface area contributed by atoms with Crippen LogP contribution in [-0.2, 0) is 33.0 Å². The number of ether oxygens (including phenoxy) is 2. The van der Waals surface area contributed by atoms with Crippen molar-refractivity contribution in [2.45, 2.75) is 94.8 Å². The smallest absolute Gasteiger partial charge is 0.264 e. The van der Waals surface area contributed by atoms with Crippen molar-refractivity contribution in [2.75, 3.05) is 30.1 Å². The van der Waals surface area contributed by atoms with Crippen LogP contribution in [0.25, 0.3) is 0 Å². The molecule has 5 atom stereocenters. The molecule has 4 heterocycles. The predicted octanol–water partition coefficient (Wildman–Crippen LogP) is 8.21. The zero-order valence-electron chi connectivity index (χ0n) is 34.4. The van der Waals surface area contributed by atoms with E-state index in [0.717, 1.165) is 59.5 Å². The quantitative estimate of drug-likeness (QED) is 0.126. The highest BCUT2D eigenvalue weighted by Crippen LogP contribution is 2.60. The molecule has 1 unspecified atom stereocenters. The van der Waals surface area contributed by atoms with E-state index in [0.29, 0.717) is 43.2 Å². The van der Waals surface area contributed by atoms with E-state index >= 15 is 4.79 Å². The monoisotopic (exact) mass is 831 g/mol. The lowest BCUT2D eigenvalue weighted by atomic mass is 9.82. The third-order valence-electron chi connectivity index (χ3n) is 13.1. The third kappa shape index (κ3) is 7.74. The molecule has 2 saturated heterocycles. The maximum absolute atomic E-state index is 15.4. The number of hydrogen-bond acceptors (Lipinski definition) is 7. The number of hydrogen-bond donors (Lipinski definition) is 1. The molecule has 0 aliphatic carbocycles. The van der Waals surface area contributed by atoms with Gasteiger partial charge in [0.1, 0.15) is 5.75 Å². The van der Waals surface area contributed by atoms with Gasteiger partial charge in [0.25, 0.3) is 5.91 Å². The first-order chi connectivity index (χ1) is 28.5. The number of nitrogens with zero attached hydrogens (tertiary/aromatic N) is 5. The Morgan fingerprint density at radius 2 is 1.75 bits per heavy atom. The molecule has 59 heavy (non-hydrogen) atoms. The van der Waals surface area contributed by atoms with Gasteiger partial charge < -0.3 is 24.4 Å². The van der Waals surface area contributed by atoms with Crippen LogP contribution in [-0.4, -0.2) is 66.4 Å². The summed E-state index contributed by atoms with van der Waals surface area (Å²) in [5.41, 5.74) is 3.82. The van der Waals surface area contributed by atoms with E-state index in [4.69, 9.17) is 21.1 Å². The fourth-order valence-corrected chi connectivity index (χ4v) is 14.3. The second-order valence-electron chi connectivity index (χ2n) is 16.9. The van der Waals surface area contributed by atoms with Gasteiger partial charge in [0.15, 0.2) is 5.60 Å².